The van der Waals surface area contributed by atoms with Crippen molar-refractivity contribution in [2.45, 2.75) is 26.8 Å². The molecule has 0 amide bonds. The van der Waals surface area contributed by atoms with E-state index >= 15 is 0 Å². The van der Waals surface area contributed by atoms with Crippen molar-refractivity contribution in [1.82, 2.24) is 10.2 Å². The maximum Gasteiger partial charge on any atom is 0.0244 e. The van der Waals surface area contributed by atoms with Gasteiger partial charge in [-0.05, 0) is 5.41 Å². The number of nitrogens with one attached hydrogen (secondary N) is 1. The van der Waals surface area contributed by atoms with Crippen LogP contribution in [-0.2, 0) is 0 Å². The molecule has 1 N–H and O–H groups in total. The third-order valence-corrected chi connectivity index (χ3v) is 4.04. The van der Waals surface area contributed by atoms with E-state index in [-0.39, 0.29) is 0 Å². The molecule has 1 rings (SSSR count). The second-order valence-corrected chi connectivity index (χ2v) is 6.69. The molecule has 1 fully saturated rings. The summed E-state index contributed by atoms with van der Waals surface area (Å²) in [4.78, 5) is 2.59. The second-order valence-electron chi connectivity index (χ2n) is 5.54. The highest BCUT2D eigenvalue weighted by Gasteiger charge is 2.28. The molecule has 1 atom stereocenters. The van der Waals surface area contributed by atoms with Crippen LogP contribution in [0.5, 0.6) is 0 Å². The number of hydrogen-bond acceptors (Lipinski definition) is 3. The summed E-state index contributed by atoms with van der Waals surface area (Å²) in [6.07, 6.45) is 1.99. The highest BCUT2D eigenvalue weighted by Crippen LogP contribution is 2.21. The van der Waals surface area contributed by atoms with E-state index in [1.54, 1.807) is 0 Å². The van der Waals surface area contributed by atoms with Crippen LogP contribution in [0.2, 0.25) is 0 Å². The van der Waals surface area contributed by atoms with Gasteiger partial charge in [0.05, 0.1) is 0 Å². The van der Waals surface area contributed by atoms with E-state index in [2.05, 4.69) is 37.6 Å². The molecule has 94 valence electrons. The Morgan fingerprint density at radius 1 is 1.50 bits per heavy atom. The highest BCUT2D eigenvalue weighted by molar-refractivity contribution is 7.99. The lowest BCUT2D eigenvalue weighted by atomic mass is 9.85. The van der Waals surface area contributed by atoms with Gasteiger partial charge in [0.15, 0.2) is 0 Å². The summed E-state index contributed by atoms with van der Waals surface area (Å²) >= 11 is 1.98. The van der Waals surface area contributed by atoms with E-state index in [9.17, 15) is 0 Å². The normalized spacial score (nSPS) is 23.3. The molecule has 0 aromatic rings. The predicted octanol–water partition coefficient (Wildman–Crippen LogP) is 2.23. The van der Waals surface area contributed by atoms with Crippen LogP contribution in [0.25, 0.3) is 0 Å². The molecule has 0 radical (unpaired) electrons. The average Bonchev–Trinajstić information content (AvgIpc) is 2.24. The molecule has 0 bridgehead atoms. The van der Waals surface area contributed by atoms with Crippen molar-refractivity contribution in [3.05, 3.63) is 12.7 Å². The van der Waals surface area contributed by atoms with Crippen LogP contribution in [0.1, 0.15) is 20.8 Å². The zero-order chi connectivity index (χ0) is 12.0. The van der Waals surface area contributed by atoms with Crippen LogP contribution < -0.4 is 5.32 Å². The van der Waals surface area contributed by atoms with Crippen molar-refractivity contribution < 1.29 is 0 Å². The predicted molar refractivity (Wildman–Crippen MR) is 75.2 cm³/mol. The van der Waals surface area contributed by atoms with E-state index < -0.39 is 0 Å². The smallest absolute Gasteiger partial charge is 0.0244 e. The maximum absolute atomic E-state index is 3.74. The Labute approximate surface area is 105 Å². The molecule has 0 aliphatic carbocycles. The second kappa shape index (κ2) is 6.67. The lowest BCUT2D eigenvalue weighted by Crippen LogP contribution is -2.56. The number of piperazine rings is 1. The number of thioether (sulfide) groups is 1. The molecule has 0 saturated carbocycles. The lowest BCUT2D eigenvalue weighted by molar-refractivity contribution is 0.140. The van der Waals surface area contributed by atoms with Gasteiger partial charge in [-0.3, -0.25) is 4.90 Å². The molecular formula is C13H26N2S. The first kappa shape index (κ1) is 14.1. The topological polar surface area (TPSA) is 15.3 Å². The molecule has 1 unspecified atom stereocenters. The van der Waals surface area contributed by atoms with E-state index in [1.165, 1.54) is 25.4 Å². The van der Waals surface area contributed by atoms with Crippen molar-refractivity contribution in [1.29, 1.82) is 0 Å². The fourth-order valence-electron chi connectivity index (χ4n) is 1.95. The maximum atomic E-state index is 3.74. The van der Waals surface area contributed by atoms with E-state index in [0.29, 0.717) is 11.5 Å². The van der Waals surface area contributed by atoms with Gasteiger partial charge in [-0.25, -0.2) is 0 Å². The summed E-state index contributed by atoms with van der Waals surface area (Å²) in [6.45, 7) is 15.4. The summed E-state index contributed by atoms with van der Waals surface area (Å²) in [7, 11) is 0. The van der Waals surface area contributed by atoms with Crippen molar-refractivity contribution in [3.63, 3.8) is 0 Å². The summed E-state index contributed by atoms with van der Waals surface area (Å²) in [5, 5.41) is 3.63. The minimum absolute atomic E-state index is 0.368. The van der Waals surface area contributed by atoms with Gasteiger partial charge in [-0.1, -0.05) is 26.8 Å². The van der Waals surface area contributed by atoms with Gasteiger partial charge in [0, 0.05) is 43.7 Å². The Morgan fingerprint density at radius 3 is 2.88 bits per heavy atom. The quantitative estimate of drug-likeness (QED) is 0.588. The number of rotatable bonds is 5. The fourth-order valence-corrected chi connectivity index (χ4v) is 2.68. The molecule has 3 heteroatoms. The molecular weight excluding hydrogens is 216 g/mol. The number of hydrogen-bond donors (Lipinski definition) is 1. The first-order chi connectivity index (χ1) is 7.54. The summed E-state index contributed by atoms with van der Waals surface area (Å²) in [5.41, 5.74) is 0.368. The Bertz CT molecular complexity index is 210. The van der Waals surface area contributed by atoms with Crippen molar-refractivity contribution in [3.8, 4) is 0 Å². The molecule has 1 heterocycles. The summed E-state index contributed by atoms with van der Waals surface area (Å²) in [6, 6.07) is 0.630. The van der Waals surface area contributed by atoms with Gasteiger partial charge in [0.2, 0.25) is 0 Å². The Balaban J connectivity index is 2.25. The minimum Gasteiger partial charge on any atom is -0.311 e. The van der Waals surface area contributed by atoms with Crippen LogP contribution in [0.3, 0.4) is 0 Å². The first-order valence-electron chi connectivity index (χ1n) is 6.18. The van der Waals surface area contributed by atoms with Crippen molar-refractivity contribution >= 4 is 11.8 Å². The minimum atomic E-state index is 0.368. The standard InChI is InChI=1S/C13H26N2S/c1-5-9-16-10-8-15-7-6-14-12(11-15)13(2,3)4/h5,12,14H,1,6-11H2,2-4H3. The first-order valence-corrected chi connectivity index (χ1v) is 7.34. The van der Waals surface area contributed by atoms with Crippen LogP contribution in [-0.4, -0.2) is 48.6 Å². The van der Waals surface area contributed by atoms with Crippen LogP contribution in [0, 0.1) is 5.41 Å². The monoisotopic (exact) mass is 242 g/mol. The van der Waals surface area contributed by atoms with Crippen LogP contribution in [0.15, 0.2) is 12.7 Å². The third-order valence-electron chi connectivity index (χ3n) is 3.09. The molecule has 1 saturated heterocycles. The van der Waals surface area contributed by atoms with Gasteiger partial charge in [0.25, 0.3) is 0 Å². The van der Waals surface area contributed by atoms with Crippen LogP contribution in [0.4, 0.5) is 0 Å². The molecule has 0 aromatic heterocycles. The lowest BCUT2D eigenvalue weighted by Gasteiger charge is -2.40. The summed E-state index contributed by atoms with van der Waals surface area (Å²) in [5.74, 6) is 2.30. The highest BCUT2D eigenvalue weighted by atomic mass is 32.2. The Kier molecular flexibility index (Phi) is 5.87. The van der Waals surface area contributed by atoms with Gasteiger partial charge >= 0.3 is 0 Å². The fraction of sp³-hybridized carbons (Fsp3) is 0.846. The average molecular weight is 242 g/mol. The van der Waals surface area contributed by atoms with Crippen LogP contribution >= 0.6 is 11.8 Å². The Hall–Kier alpha value is 0.01000. The SMILES string of the molecule is C=CCSCCN1CCNC(C(C)(C)C)C1. The molecule has 1 aliphatic heterocycles. The van der Waals surface area contributed by atoms with Crippen molar-refractivity contribution in [2.24, 2.45) is 5.41 Å². The van der Waals surface area contributed by atoms with E-state index in [4.69, 9.17) is 0 Å². The largest absolute Gasteiger partial charge is 0.311 e. The van der Waals surface area contributed by atoms with Gasteiger partial charge in [-0.15, -0.1) is 6.58 Å². The van der Waals surface area contributed by atoms with E-state index in [1.807, 2.05) is 17.8 Å². The van der Waals surface area contributed by atoms with Crippen molar-refractivity contribution in [2.75, 3.05) is 37.7 Å². The zero-order valence-electron chi connectivity index (χ0n) is 11.0. The summed E-state index contributed by atoms with van der Waals surface area (Å²) < 4.78 is 0. The third kappa shape index (κ3) is 4.89. The zero-order valence-corrected chi connectivity index (χ0v) is 11.8. The van der Waals surface area contributed by atoms with Gasteiger partial charge < -0.3 is 5.32 Å². The van der Waals surface area contributed by atoms with E-state index in [0.717, 1.165) is 12.3 Å². The number of nitrogens with zero attached hydrogens (tertiary/aromatic N) is 1. The van der Waals surface area contributed by atoms with Gasteiger partial charge in [0.1, 0.15) is 0 Å². The Morgan fingerprint density at radius 2 is 2.25 bits per heavy atom. The molecule has 16 heavy (non-hydrogen) atoms. The van der Waals surface area contributed by atoms with Gasteiger partial charge in [-0.2, -0.15) is 11.8 Å². The molecule has 0 aromatic carbocycles. The molecule has 1 aliphatic rings. The molecule has 2 nitrogen and oxygen atoms in total. The molecule has 0 spiro atoms.